The van der Waals surface area contributed by atoms with Gasteiger partial charge in [-0.1, -0.05) is 0 Å². The molecule has 2 rings (SSSR count). The zero-order valence-electron chi connectivity index (χ0n) is 8.33. The summed E-state index contributed by atoms with van der Waals surface area (Å²) in [6, 6.07) is 2.42. The van der Waals surface area contributed by atoms with Crippen molar-refractivity contribution in [2.24, 2.45) is 0 Å². The van der Waals surface area contributed by atoms with Gasteiger partial charge in [-0.3, -0.25) is 0 Å². The molecule has 0 unspecified atom stereocenters. The van der Waals surface area contributed by atoms with Crippen LogP contribution in [0.3, 0.4) is 0 Å². The highest BCUT2D eigenvalue weighted by Gasteiger charge is 2.16. The Labute approximate surface area is 84.9 Å². The molecule has 0 atom stereocenters. The number of aromatic nitrogens is 2. The van der Waals surface area contributed by atoms with E-state index in [1.807, 2.05) is 0 Å². The van der Waals surface area contributed by atoms with Crippen LogP contribution in [-0.2, 0) is 0 Å². The topological polar surface area (TPSA) is 47.1 Å². The SMILES string of the molecule is CN(C)n1c(N)nc2ccc(F)c(F)c21. The molecule has 4 nitrogen and oxygen atoms in total. The molecule has 0 aliphatic rings. The average Bonchev–Trinajstić information content (AvgIpc) is 2.49. The summed E-state index contributed by atoms with van der Waals surface area (Å²) in [5.41, 5.74) is 5.98. The van der Waals surface area contributed by atoms with Crippen molar-refractivity contribution >= 4 is 17.0 Å². The number of nitrogens with two attached hydrogens (primary N) is 1. The van der Waals surface area contributed by atoms with Gasteiger partial charge in [0, 0.05) is 14.1 Å². The Bertz CT molecular complexity index is 518. The van der Waals surface area contributed by atoms with Gasteiger partial charge in [-0.15, -0.1) is 0 Å². The van der Waals surface area contributed by atoms with Gasteiger partial charge in [0.15, 0.2) is 11.6 Å². The van der Waals surface area contributed by atoms with E-state index in [9.17, 15) is 8.78 Å². The predicted molar refractivity (Wildman–Crippen MR) is 54.1 cm³/mol. The number of anilines is 1. The molecule has 6 heteroatoms. The fraction of sp³-hybridized carbons (Fsp3) is 0.222. The van der Waals surface area contributed by atoms with Gasteiger partial charge >= 0.3 is 0 Å². The number of hydrogen-bond acceptors (Lipinski definition) is 3. The molecule has 2 aromatic rings. The van der Waals surface area contributed by atoms with Gasteiger partial charge in [-0.05, 0) is 12.1 Å². The molecule has 0 spiro atoms. The number of nitrogens with zero attached hydrogens (tertiary/aromatic N) is 3. The van der Waals surface area contributed by atoms with Gasteiger partial charge in [-0.25, -0.2) is 18.4 Å². The lowest BCUT2D eigenvalue weighted by Gasteiger charge is -2.16. The first-order chi connectivity index (χ1) is 7.02. The second kappa shape index (κ2) is 3.08. The number of fused-ring (bicyclic) bond motifs is 1. The Morgan fingerprint density at radius 2 is 2.00 bits per heavy atom. The summed E-state index contributed by atoms with van der Waals surface area (Å²) in [7, 11) is 3.34. The number of rotatable bonds is 1. The van der Waals surface area contributed by atoms with Crippen molar-refractivity contribution < 1.29 is 8.78 Å². The maximum atomic E-state index is 13.5. The normalized spacial score (nSPS) is 10.9. The van der Waals surface area contributed by atoms with E-state index in [4.69, 9.17) is 5.73 Å². The van der Waals surface area contributed by atoms with E-state index in [1.165, 1.54) is 15.8 Å². The van der Waals surface area contributed by atoms with Crippen molar-refractivity contribution in [2.45, 2.75) is 0 Å². The predicted octanol–water partition coefficient (Wildman–Crippen LogP) is 1.09. The molecular formula is C9H10F2N4. The van der Waals surface area contributed by atoms with Crippen LogP contribution in [0, 0.1) is 11.6 Å². The number of hydrogen-bond donors (Lipinski definition) is 1. The zero-order chi connectivity index (χ0) is 11.2. The van der Waals surface area contributed by atoms with E-state index in [0.717, 1.165) is 6.07 Å². The summed E-state index contributed by atoms with van der Waals surface area (Å²) in [5, 5.41) is 1.53. The molecule has 0 radical (unpaired) electrons. The molecule has 2 N–H and O–H groups in total. The minimum Gasteiger partial charge on any atom is -0.368 e. The molecule has 80 valence electrons. The summed E-state index contributed by atoms with van der Waals surface area (Å²) in [4.78, 5) is 3.93. The highest BCUT2D eigenvalue weighted by molar-refractivity contribution is 5.79. The third-order valence-electron chi connectivity index (χ3n) is 2.11. The molecule has 0 aliphatic heterocycles. The lowest BCUT2D eigenvalue weighted by atomic mass is 10.3. The molecule has 0 bridgehead atoms. The van der Waals surface area contributed by atoms with E-state index in [1.54, 1.807) is 14.1 Å². The molecule has 15 heavy (non-hydrogen) atoms. The van der Waals surface area contributed by atoms with Crippen molar-refractivity contribution in [1.82, 2.24) is 9.66 Å². The van der Waals surface area contributed by atoms with Gasteiger partial charge < -0.3 is 10.7 Å². The number of nitrogen functional groups attached to an aromatic ring is 1. The van der Waals surface area contributed by atoms with E-state index >= 15 is 0 Å². The monoisotopic (exact) mass is 212 g/mol. The van der Waals surface area contributed by atoms with Crippen LogP contribution < -0.4 is 10.7 Å². The maximum Gasteiger partial charge on any atom is 0.220 e. The largest absolute Gasteiger partial charge is 0.368 e. The highest BCUT2D eigenvalue weighted by atomic mass is 19.2. The minimum atomic E-state index is -0.939. The van der Waals surface area contributed by atoms with E-state index < -0.39 is 11.6 Å². The van der Waals surface area contributed by atoms with Crippen LogP contribution in [0.5, 0.6) is 0 Å². The van der Waals surface area contributed by atoms with E-state index in [0.29, 0.717) is 5.52 Å². The van der Waals surface area contributed by atoms with Gasteiger partial charge in [0.2, 0.25) is 5.95 Å². The minimum absolute atomic E-state index is 0.0532. The van der Waals surface area contributed by atoms with E-state index in [-0.39, 0.29) is 11.5 Å². The van der Waals surface area contributed by atoms with Crippen molar-refractivity contribution in [3.8, 4) is 0 Å². The fourth-order valence-electron chi connectivity index (χ4n) is 1.51. The molecule has 1 aromatic heterocycles. The molecule has 1 heterocycles. The van der Waals surface area contributed by atoms with Crippen LogP contribution in [-0.4, -0.2) is 23.8 Å². The Kier molecular flexibility index (Phi) is 1.99. The fourth-order valence-corrected chi connectivity index (χ4v) is 1.51. The van der Waals surface area contributed by atoms with Gasteiger partial charge in [0.25, 0.3) is 0 Å². The average molecular weight is 212 g/mol. The van der Waals surface area contributed by atoms with E-state index in [2.05, 4.69) is 4.98 Å². The van der Waals surface area contributed by atoms with Crippen molar-refractivity contribution in [1.29, 1.82) is 0 Å². The Hall–Kier alpha value is -1.85. The third-order valence-corrected chi connectivity index (χ3v) is 2.11. The summed E-state index contributed by atoms with van der Waals surface area (Å²) >= 11 is 0. The molecule has 0 aliphatic carbocycles. The van der Waals surface area contributed by atoms with Crippen LogP contribution in [0.4, 0.5) is 14.7 Å². The van der Waals surface area contributed by atoms with Gasteiger partial charge in [-0.2, -0.15) is 0 Å². The number of imidazole rings is 1. The summed E-state index contributed by atoms with van der Waals surface area (Å²) in [5.74, 6) is -1.73. The first-order valence-corrected chi connectivity index (χ1v) is 4.32. The molecule has 0 saturated carbocycles. The second-order valence-electron chi connectivity index (χ2n) is 3.36. The van der Waals surface area contributed by atoms with Gasteiger partial charge in [0.1, 0.15) is 5.52 Å². The molecule has 1 aromatic carbocycles. The molecule has 0 fully saturated rings. The van der Waals surface area contributed by atoms with Crippen LogP contribution in [0.15, 0.2) is 12.1 Å². The van der Waals surface area contributed by atoms with Crippen molar-refractivity contribution in [3.05, 3.63) is 23.8 Å². The number of halogens is 2. The molecular weight excluding hydrogens is 202 g/mol. The van der Waals surface area contributed by atoms with Crippen molar-refractivity contribution in [3.63, 3.8) is 0 Å². The number of benzene rings is 1. The molecule has 0 saturated heterocycles. The quantitative estimate of drug-likeness (QED) is 0.769. The van der Waals surface area contributed by atoms with Crippen LogP contribution in [0.2, 0.25) is 0 Å². The van der Waals surface area contributed by atoms with Crippen LogP contribution >= 0.6 is 0 Å². The lowest BCUT2D eigenvalue weighted by Crippen LogP contribution is -2.26. The zero-order valence-corrected chi connectivity index (χ0v) is 8.33. The Balaban J connectivity index is 2.90. The lowest BCUT2D eigenvalue weighted by molar-refractivity contribution is 0.512. The van der Waals surface area contributed by atoms with Crippen LogP contribution in [0.25, 0.3) is 11.0 Å². The second-order valence-corrected chi connectivity index (χ2v) is 3.36. The Morgan fingerprint density at radius 1 is 1.33 bits per heavy atom. The Morgan fingerprint density at radius 3 is 2.60 bits per heavy atom. The smallest absolute Gasteiger partial charge is 0.220 e. The van der Waals surface area contributed by atoms with Crippen LogP contribution in [0.1, 0.15) is 0 Å². The first-order valence-electron chi connectivity index (χ1n) is 4.32. The maximum absolute atomic E-state index is 13.5. The molecule has 0 amide bonds. The standard InChI is InChI=1S/C9H10F2N4/c1-14(2)15-8-6(13-9(15)12)4-3-5(10)7(8)11/h3-4H,1-2H3,(H2,12,13). The summed E-state index contributed by atoms with van der Waals surface area (Å²) in [6.45, 7) is 0. The van der Waals surface area contributed by atoms with Crippen molar-refractivity contribution in [2.75, 3.05) is 24.8 Å². The first kappa shape index (κ1) is 9.70. The summed E-state index contributed by atoms with van der Waals surface area (Å²) in [6.07, 6.45) is 0. The summed E-state index contributed by atoms with van der Waals surface area (Å²) < 4.78 is 27.9. The third kappa shape index (κ3) is 1.29. The highest BCUT2D eigenvalue weighted by Crippen LogP contribution is 2.22. The van der Waals surface area contributed by atoms with Gasteiger partial charge in [0.05, 0.1) is 5.52 Å².